The molecule has 0 aromatic carbocycles. The van der Waals surface area contributed by atoms with E-state index in [0.717, 1.165) is 12.8 Å². The minimum Gasteiger partial charge on any atom is -0.393 e. The first-order valence-corrected chi connectivity index (χ1v) is 9.17. The predicted octanol–water partition coefficient (Wildman–Crippen LogP) is 2.81. The van der Waals surface area contributed by atoms with Crippen molar-refractivity contribution in [3.05, 3.63) is 0 Å². The molecule has 1 saturated carbocycles. The highest BCUT2D eigenvalue weighted by atomic mass is 28.3. The van der Waals surface area contributed by atoms with Gasteiger partial charge in [-0.2, -0.15) is 0 Å². The molecular formula is C12H22OSi. The van der Waals surface area contributed by atoms with Gasteiger partial charge in [0.25, 0.3) is 0 Å². The van der Waals surface area contributed by atoms with Gasteiger partial charge in [0.05, 0.1) is 6.10 Å². The van der Waals surface area contributed by atoms with Crippen LogP contribution in [0.25, 0.3) is 0 Å². The Kier molecular flexibility index (Phi) is 4.22. The average molecular weight is 210 g/mol. The van der Waals surface area contributed by atoms with Gasteiger partial charge in [-0.25, -0.2) is 0 Å². The average Bonchev–Trinajstić information content (AvgIpc) is 2.06. The number of aliphatic hydroxyl groups excluding tert-OH is 1. The smallest absolute Gasteiger partial charge is 0.129 e. The van der Waals surface area contributed by atoms with E-state index in [1.54, 1.807) is 0 Å². The predicted molar refractivity (Wildman–Crippen MR) is 63.7 cm³/mol. The number of rotatable bonds is 1. The maximum absolute atomic E-state index is 9.74. The zero-order valence-electron chi connectivity index (χ0n) is 9.64. The molecule has 0 bridgehead atoms. The van der Waals surface area contributed by atoms with Crippen molar-refractivity contribution in [2.45, 2.75) is 57.8 Å². The van der Waals surface area contributed by atoms with Crippen LogP contribution in [0.1, 0.15) is 32.1 Å². The van der Waals surface area contributed by atoms with Crippen LogP contribution < -0.4 is 0 Å². The van der Waals surface area contributed by atoms with E-state index in [-0.39, 0.29) is 6.10 Å². The standard InChI is InChI=1S/C12H22OSi/c1-14(2,3)10-6-8-11-7-4-5-9-12(11)13/h11-13H,4-5,7-9H2,1-3H3. The van der Waals surface area contributed by atoms with Crippen molar-refractivity contribution in [3.8, 4) is 11.5 Å². The van der Waals surface area contributed by atoms with Gasteiger partial charge in [-0.3, -0.25) is 0 Å². The lowest BCUT2D eigenvalue weighted by Gasteiger charge is -2.25. The second kappa shape index (κ2) is 5.00. The lowest BCUT2D eigenvalue weighted by atomic mass is 9.85. The molecule has 0 aromatic heterocycles. The van der Waals surface area contributed by atoms with Crippen molar-refractivity contribution in [2.24, 2.45) is 5.92 Å². The van der Waals surface area contributed by atoms with E-state index in [1.807, 2.05) is 0 Å². The number of aliphatic hydroxyl groups is 1. The lowest BCUT2D eigenvalue weighted by molar-refractivity contribution is 0.0725. The van der Waals surface area contributed by atoms with Crippen LogP contribution >= 0.6 is 0 Å². The van der Waals surface area contributed by atoms with E-state index in [0.29, 0.717) is 5.92 Å². The van der Waals surface area contributed by atoms with Gasteiger partial charge in [0, 0.05) is 6.42 Å². The third-order valence-corrected chi connectivity index (χ3v) is 3.62. The molecular weight excluding hydrogens is 188 g/mol. The Labute approximate surface area is 88.9 Å². The van der Waals surface area contributed by atoms with Gasteiger partial charge in [0.15, 0.2) is 0 Å². The fourth-order valence-electron chi connectivity index (χ4n) is 1.87. The van der Waals surface area contributed by atoms with Gasteiger partial charge in [-0.1, -0.05) is 32.5 Å². The minimum absolute atomic E-state index is 0.0836. The molecule has 0 aromatic rings. The maximum atomic E-state index is 9.74. The molecule has 1 aliphatic rings. The lowest BCUT2D eigenvalue weighted by Crippen LogP contribution is -2.24. The zero-order valence-corrected chi connectivity index (χ0v) is 10.6. The van der Waals surface area contributed by atoms with Crippen LogP contribution in [-0.2, 0) is 0 Å². The fraction of sp³-hybridized carbons (Fsp3) is 0.833. The van der Waals surface area contributed by atoms with E-state index in [2.05, 4.69) is 31.1 Å². The molecule has 1 nitrogen and oxygen atoms in total. The first-order chi connectivity index (χ1) is 6.49. The summed E-state index contributed by atoms with van der Waals surface area (Å²) in [6.45, 7) is 6.78. The van der Waals surface area contributed by atoms with Crippen molar-refractivity contribution in [1.82, 2.24) is 0 Å². The normalized spacial score (nSPS) is 28.0. The summed E-state index contributed by atoms with van der Waals surface area (Å²) in [5.74, 6) is 3.73. The molecule has 1 aliphatic carbocycles. The molecule has 0 aliphatic heterocycles. The summed E-state index contributed by atoms with van der Waals surface area (Å²) >= 11 is 0. The van der Waals surface area contributed by atoms with Crippen LogP contribution in [0.3, 0.4) is 0 Å². The largest absolute Gasteiger partial charge is 0.393 e. The third kappa shape index (κ3) is 4.30. The number of hydrogen-bond acceptors (Lipinski definition) is 1. The first kappa shape index (κ1) is 11.8. The highest BCUT2D eigenvalue weighted by molar-refractivity contribution is 6.83. The fourth-order valence-corrected chi connectivity index (χ4v) is 2.51. The van der Waals surface area contributed by atoms with E-state index in [1.165, 1.54) is 19.3 Å². The number of hydrogen-bond donors (Lipinski definition) is 1. The van der Waals surface area contributed by atoms with Crippen molar-refractivity contribution in [3.63, 3.8) is 0 Å². The van der Waals surface area contributed by atoms with Crippen LogP contribution in [-0.4, -0.2) is 19.3 Å². The maximum Gasteiger partial charge on any atom is 0.129 e. The summed E-state index contributed by atoms with van der Waals surface area (Å²) in [6.07, 6.45) is 5.45. The summed E-state index contributed by atoms with van der Waals surface area (Å²) in [6, 6.07) is 0. The Morgan fingerprint density at radius 1 is 1.21 bits per heavy atom. The Balaban J connectivity index is 2.39. The molecule has 2 unspecified atom stereocenters. The van der Waals surface area contributed by atoms with Crippen molar-refractivity contribution < 1.29 is 5.11 Å². The van der Waals surface area contributed by atoms with Gasteiger partial charge in [0.2, 0.25) is 0 Å². The first-order valence-electron chi connectivity index (χ1n) is 5.67. The van der Waals surface area contributed by atoms with E-state index < -0.39 is 8.07 Å². The molecule has 0 heterocycles. The Hall–Kier alpha value is -0.263. The highest BCUT2D eigenvalue weighted by Crippen LogP contribution is 2.26. The molecule has 0 spiro atoms. The molecule has 80 valence electrons. The molecule has 1 rings (SSSR count). The Bertz CT molecular complexity index is 231. The molecule has 0 radical (unpaired) electrons. The van der Waals surface area contributed by atoms with E-state index in [4.69, 9.17) is 0 Å². The minimum atomic E-state index is -1.21. The van der Waals surface area contributed by atoms with Gasteiger partial charge >= 0.3 is 0 Å². The van der Waals surface area contributed by atoms with E-state index in [9.17, 15) is 5.11 Å². The summed E-state index contributed by atoms with van der Waals surface area (Å²) in [7, 11) is -1.21. The van der Waals surface area contributed by atoms with Gasteiger partial charge < -0.3 is 5.11 Å². The van der Waals surface area contributed by atoms with Gasteiger partial charge in [-0.15, -0.1) is 11.5 Å². The molecule has 0 saturated heterocycles. The van der Waals surface area contributed by atoms with Crippen LogP contribution in [0.5, 0.6) is 0 Å². The Morgan fingerprint density at radius 3 is 2.43 bits per heavy atom. The molecule has 14 heavy (non-hydrogen) atoms. The highest BCUT2D eigenvalue weighted by Gasteiger charge is 2.21. The topological polar surface area (TPSA) is 20.2 Å². The summed E-state index contributed by atoms with van der Waals surface area (Å²) < 4.78 is 0. The van der Waals surface area contributed by atoms with Crippen molar-refractivity contribution in [1.29, 1.82) is 0 Å². The molecule has 2 atom stereocenters. The second-order valence-corrected chi connectivity index (χ2v) is 10.1. The van der Waals surface area contributed by atoms with Crippen molar-refractivity contribution >= 4 is 8.07 Å². The summed E-state index contributed by atoms with van der Waals surface area (Å²) in [4.78, 5) is 0. The van der Waals surface area contributed by atoms with Crippen molar-refractivity contribution in [2.75, 3.05) is 0 Å². The van der Waals surface area contributed by atoms with Gasteiger partial charge in [0.1, 0.15) is 8.07 Å². The Morgan fingerprint density at radius 2 is 1.86 bits per heavy atom. The van der Waals surface area contributed by atoms with Gasteiger partial charge in [-0.05, 0) is 18.8 Å². The van der Waals surface area contributed by atoms with E-state index >= 15 is 0 Å². The van der Waals surface area contributed by atoms with Crippen LogP contribution in [0.15, 0.2) is 0 Å². The second-order valence-electron chi connectivity index (χ2n) is 5.37. The molecule has 2 heteroatoms. The SMILES string of the molecule is C[Si](C)(C)C#CCC1CCCCC1O. The molecule has 1 N–H and O–H groups in total. The molecule has 1 fully saturated rings. The summed E-state index contributed by atoms with van der Waals surface area (Å²) in [5.41, 5.74) is 3.37. The van der Waals surface area contributed by atoms with Crippen LogP contribution in [0.2, 0.25) is 19.6 Å². The third-order valence-electron chi connectivity index (χ3n) is 2.70. The molecule has 0 amide bonds. The van der Waals surface area contributed by atoms with Crippen LogP contribution in [0.4, 0.5) is 0 Å². The zero-order chi connectivity index (χ0) is 10.6. The quantitative estimate of drug-likeness (QED) is 0.521. The van der Waals surface area contributed by atoms with Crippen LogP contribution in [0, 0.1) is 17.4 Å². The monoisotopic (exact) mass is 210 g/mol. The summed E-state index contributed by atoms with van der Waals surface area (Å²) in [5, 5.41) is 9.74.